The van der Waals surface area contributed by atoms with Crippen LogP contribution < -0.4 is 10.9 Å². The fourth-order valence-electron chi connectivity index (χ4n) is 0.822. The van der Waals surface area contributed by atoms with Crippen LogP contribution in [0.3, 0.4) is 0 Å². The molecular weight excluding hydrogens is 200 g/mol. The lowest BCUT2D eigenvalue weighted by molar-refractivity contribution is 0.125. The molecule has 0 heterocycles. The van der Waals surface area contributed by atoms with Crippen LogP contribution in [0.5, 0.6) is 0 Å². The smallest absolute Gasteiger partial charge is 0.426 e. The monoisotopic (exact) mass is 218 g/mol. The number of carbonyl (C=O) groups is 2. The van der Waals surface area contributed by atoms with E-state index in [4.69, 9.17) is 4.74 Å². The highest BCUT2D eigenvalue weighted by atomic mass is 16.6. The molecule has 0 aromatic heterocycles. The molecule has 0 bridgehead atoms. The lowest BCUT2D eigenvalue weighted by atomic mass is 10.3. The van der Waals surface area contributed by atoms with Gasteiger partial charge in [0.05, 0.1) is 13.2 Å². The van der Waals surface area contributed by atoms with Crippen LogP contribution in [0, 0.1) is 0 Å². The maximum atomic E-state index is 10.9. The van der Waals surface area contributed by atoms with Crippen LogP contribution in [0.1, 0.15) is 33.1 Å². The van der Waals surface area contributed by atoms with E-state index in [1.807, 2.05) is 5.43 Å². The Labute approximate surface area is 89.3 Å². The van der Waals surface area contributed by atoms with Gasteiger partial charge < -0.3 is 9.47 Å². The zero-order valence-electron chi connectivity index (χ0n) is 9.17. The van der Waals surface area contributed by atoms with Gasteiger partial charge in [-0.2, -0.15) is 0 Å². The van der Waals surface area contributed by atoms with Gasteiger partial charge >= 0.3 is 12.2 Å². The highest BCUT2D eigenvalue weighted by Gasteiger charge is 2.04. The first-order chi connectivity index (χ1) is 7.20. The normalized spacial score (nSPS) is 9.20. The molecular formula is C9H18N2O4. The van der Waals surface area contributed by atoms with E-state index in [0.717, 1.165) is 19.3 Å². The summed E-state index contributed by atoms with van der Waals surface area (Å²) in [7, 11) is 0. The molecule has 15 heavy (non-hydrogen) atoms. The number of amides is 2. The molecule has 0 aliphatic carbocycles. The van der Waals surface area contributed by atoms with Crippen molar-refractivity contribution in [1.29, 1.82) is 0 Å². The second kappa shape index (κ2) is 9.11. The third kappa shape index (κ3) is 8.86. The van der Waals surface area contributed by atoms with E-state index in [1.54, 1.807) is 6.92 Å². The highest BCUT2D eigenvalue weighted by Crippen LogP contribution is 1.93. The zero-order valence-corrected chi connectivity index (χ0v) is 9.17. The van der Waals surface area contributed by atoms with Crippen molar-refractivity contribution < 1.29 is 19.1 Å². The minimum absolute atomic E-state index is 0.249. The predicted molar refractivity (Wildman–Crippen MR) is 54.2 cm³/mol. The van der Waals surface area contributed by atoms with E-state index in [2.05, 4.69) is 17.1 Å². The summed E-state index contributed by atoms with van der Waals surface area (Å²) in [5.41, 5.74) is 4.10. The second-order valence-corrected chi connectivity index (χ2v) is 2.81. The average molecular weight is 218 g/mol. The van der Waals surface area contributed by atoms with Gasteiger partial charge in [-0.05, 0) is 13.3 Å². The van der Waals surface area contributed by atoms with Crippen molar-refractivity contribution in [2.24, 2.45) is 0 Å². The second-order valence-electron chi connectivity index (χ2n) is 2.81. The SMILES string of the molecule is CCCCCOC(=O)NNC(=O)OCC. The van der Waals surface area contributed by atoms with Crippen molar-refractivity contribution in [3.05, 3.63) is 0 Å². The van der Waals surface area contributed by atoms with Crippen LogP contribution >= 0.6 is 0 Å². The van der Waals surface area contributed by atoms with Crippen molar-refractivity contribution in [3.8, 4) is 0 Å². The Balaban J connectivity index is 3.36. The van der Waals surface area contributed by atoms with Crippen molar-refractivity contribution in [2.75, 3.05) is 13.2 Å². The quantitative estimate of drug-likeness (QED) is 0.542. The van der Waals surface area contributed by atoms with E-state index >= 15 is 0 Å². The van der Waals surface area contributed by atoms with Gasteiger partial charge in [0.2, 0.25) is 0 Å². The van der Waals surface area contributed by atoms with Crippen LogP contribution in [0.15, 0.2) is 0 Å². The topological polar surface area (TPSA) is 76.7 Å². The fourth-order valence-corrected chi connectivity index (χ4v) is 0.822. The van der Waals surface area contributed by atoms with Crippen LogP contribution in [0.4, 0.5) is 9.59 Å². The number of carbonyl (C=O) groups excluding carboxylic acids is 2. The van der Waals surface area contributed by atoms with E-state index < -0.39 is 12.2 Å². The third-order valence-corrected chi connectivity index (χ3v) is 1.52. The Morgan fingerprint density at radius 3 is 2.13 bits per heavy atom. The lowest BCUT2D eigenvalue weighted by Crippen LogP contribution is -2.42. The molecule has 0 unspecified atom stereocenters. The predicted octanol–water partition coefficient (Wildman–Crippen LogP) is 1.56. The molecule has 0 fully saturated rings. The molecule has 0 aliphatic rings. The molecule has 2 N–H and O–H groups in total. The van der Waals surface area contributed by atoms with Gasteiger partial charge in [0, 0.05) is 0 Å². The first-order valence-electron chi connectivity index (χ1n) is 5.06. The largest absolute Gasteiger partial charge is 0.449 e. The van der Waals surface area contributed by atoms with Crippen molar-refractivity contribution in [3.63, 3.8) is 0 Å². The van der Waals surface area contributed by atoms with E-state index in [-0.39, 0.29) is 6.61 Å². The molecule has 6 nitrogen and oxygen atoms in total. The molecule has 0 spiro atoms. The van der Waals surface area contributed by atoms with Gasteiger partial charge in [0.1, 0.15) is 0 Å². The number of hydrogen-bond acceptors (Lipinski definition) is 4. The molecule has 0 saturated carbocycles. The molecule has 88 valence electrons. The van der Waals surface area contributed by atoms with Gasteiger partial charge in [-0.3, -0.25) is 0 Å². The summed E-state index contributed by atoms with van der Waals surface area (Å²) in [6.45, 7) is 4.33. The zero-order chi connectivity index (χ0) is 11.5. The summed E-state index contributed by atoms with van der Waals surface area (Å²) in [5.74, 6) is 0. The summed E-state index contributed by atoms with van der Waals surface area (Å²) in [4.78, 5) is 21.6. The first kappa shape index (κ1) is 13.5. The minimum Gasteiger partial charge on any atom is -0.449 e. The average Bonchev–Trinajstić information content (AvgIpc) is 2.22. The Kier molecular flexibility index (Phi) is 8.22. The summed E-state index contributed by atoms with van der Waals surface area (Å²) >= 11 is 0. The molecule has 0 aromatic carbocycles. The van der Waals surface area contributed by atoms with Crippen LogP contribution in [0.2, 0.25) is 0 Å². The summed E-state index contributed by atoms with van der Waals surface area (Å²) in [5, 5.41) is 0. The van der Waals surface area contributed by atoms with Gasteiger partial charge in [0.25, 0.3) is 0 Å². The maximum absolute atomic E-state index is 10.9. The molecule has 0 saturated heterocycles. The van der Waals surface area contributed by atoms with Crippen molar-refractivity contribution >= 4 is 12.2 Å². The molecule has 0 radical (unpaired) electrons. The number of nitrogens with one attached hydrogen (secondary N) is 2. The van der Waals surface area contributed by atoms with Gasteiger partial charge in [0.15, 0.2) is 0 Å². The van der Waals surface area contributed by atoms with Crippen molar-refractivity contribution in [1.82, 2.24) is 10.9 Å². The standard InChI is InChI=1S/C9H18N2O4/c1-3-5-6-7-15-9(13)11-10-8(12)14-4-2/h3-7H2,1-2H3,(H,10,12)(H,11,13). The lowest BCUT2D eigenvalue weighted by Gasteiger charge is -2.07. The molecule has 0 aliphatic heterocycles. The van der Waals surface area contributed by atoms with Crippen molar-refractivity contribution in [2.45, 2.75) is 33.1 Å². The number of ether oxygens (including phenoxy) is 2. The first-order valence-corrected chi connectivity index (χ1v) is 5.06. The molecule has 0 rings (SSSR count). The fraction of sp³-hybridized carbons (Fsp3) is 0.778. The molecule has 0 atom stereocenters. The number of hydrogen-bond donors (Lipinski definition) is 2. The van der Waals surface area contributed by atoms with Gasteiger partial charge in [-0.15, -0.1) is 0 Å². The Morgan fingerprint density at radius 2 is 1.60 bits per heavy atom. The minimum atomic E-state index is -0.706. The number of hydrazine groups is 1. The Hall–Kier alpha value is -1.46. The van der Waals surface area contributed by atoms with Crippen LogP contribution in [-0.2, 0) is 9.47 Å². The Morgan fingerprint density at radius 1 is 1.00 bits per heavy atom. The van der Waals surface area contributed by atoms with E-state index in [0.29, 0.717) is 6.61 Å². The van der Waals surface area contributed by atoms with E-state index in [9.17, 15) is 9.59 Å². The van der Waals surface area contributed by atoms with Gasteiger partial charge in [-0.1, -0.05) is 19.8 Å². The van der Waals surface area contributed by atoms with Gasteiger partial charge in [-0.25, -0.2) is 20.4 Å². The highest BCUT2D eigenvalue weighted by molar-refractivity contribution is 5.73. The number of rotatable bonds is 5. The Bertz CT molecular complexity index is 197. The maximum Gasteiger partial charge on any atom is 0.426 e. The molecule has 6 heteroatoms. The third-order valence-electron chi connectivity index (χ3n) is 1.52. The molecule has 0 aromatic rings. The van der Waals surface area contributed by atoms with E-state index in [1.165, 1.54) is 0 Å². The number of unbranched alkanes of at least 4 members (excludes halogenated alkanes) is 2. The molecule has 2 amide bonds. The summed E-state index contributed by atoms with van der Waals surface area (Å²) in [6.07, 6.45) is 1.51. The summed E-state index contributed by atoms with van der Waals surface area (Å²) in [6, 6.07) is 0. The summed E-state index contributed by atoms with van der Waals surface area (Å²) < 4.78 is 9.27. The van der Waals surface area contributed by atoms with Crippen LogP contribution in [0.25, 0.3) is 0 Å². The van der Waals surface area contributed by atoms with Crippen LogP contribution in [-0.4, -0.2) is 25.4 Å².